The molecule has 0 aliphatic heterocycles. The van der Waals surface area contributed by atoms with E-state index >= 15 is 0 Å². The van der Waals surface area contributed by atoms with Crippen LogP contribution in [0.5, 0.6) is 5.75 Å². The number of ether oxygens (including phenoxy) is 1. The third kappa shape index (κ3) is 2.51. The second-order valence-electron chi connectivity index (χ2n) is 3.67. The number of hydrogen-bond acceptors (Lipinski definition) is 3. The Bertz CT molecular complexity index is 651. The predicted octanol–water partition coefficient (Wildman–Crippen LogP) is 3.02. The van der Waals surface area contributed by atoms with Gasteiger partial charge in [0.15, 0.2) is 0 Å². The van der Waals surface area contributed by atoms with Gasteiger partial charge in [-0.1, -0.05) is 30.3 Å². The van der Waals surface area contributed by atoms with E-state index in [-0.39, 0.29) is 0 Å². The Morgan fingerprint density at radius 1 is 1.06 bits per heavy atom. The fourth-order valence-corrected chi connectivity index (χ4v) is 2.16. The summed E-state index contributed by atoms with van der Waals surface area (Å²) in [5.41, 5.74) is 1.59. The predicted molar refractivity (Wildman–Crippen MR) is 66.7 cm³/mol. The van der Waals surface area contributed by atoms with Gasteiger partial charge in [-0.2, -0.15) is 8.42 Å². The van der Waals surface area contributed by atoms with Crippen LogP contribution in [0.25, 0.3) is 11.1 Å². The average Bonchev–Trinajstić information content (AvgIpc) is 2.38. The highest BCUT2D eigenvalue weighted by Crippen LogP contribution is 2.32. The molecule has 94 valence electrons. The Morgan fingerprint density at radius 2 is 1.72 bits per heavy atom. The molecule has 0 aliphatic rings. The molecule has 0 N–H and O–H groups in total. The van der Waals surface area contributed by atoms with Gasteiger partial charge in [-0.15, -0.1) is 3.89 Å². The van der Waals surface area contributed by atoms with Crippen LogP contribution in [0, 0.1) is 0 Å². The first-order chi connectivity index (χ1) is 8.52. The topological polar surface area (TPSA) is 43.4 Å². The Morgan fingerprint density at radius 3 is 2.28 bits per heavy atom. The zero-order chi connectivity index (χ0) is 13.2. The van der Waals surface area contributed by atoms with Crippen LogP contribution in [0.1, 0.15) is 0 Å². The first kappa shape index (κ1) is 12.6. The Labute approximate surface area is 105 Å². The lowest BCUT2D eigenvalue weighted by Crippen LogP contribution is -1.95. The minimum absolute atomic E-state index is 0.319. The Kier molecular flexibility index (Phi) is 3.34. The van der Waals surface area contributed by atoms with Crippen molar-refractivity contribution in [1.29, 1.82) is 0 Å². The summed E-state index contributed by atoms with van der Waals surface area (Å²) in [4.78, 5) is -0.404. The van der Waals surface area contributed by atoms with E-state index in [0.29, 0.717) is 11.3 Å². The highest BCUT2D eigenvalue weighted by molar-refractivity contribution is 7.86. The van der Waals surface area contributed by atoms with Gasteiger partial charge >= 0.3 is 10.2 Å². The number of halogens is 1. The largest absolute Gasteiger partial charge is 0.496 e. The first-order valence-corrected chi connectivity index (χ1v) is 6.59. The normalized spacial score (nSPS) is 11.2. The second-order valence-corrected chi connectivity index (χ2v) is 5.01. The Hall–Kier alpha value is -1.88. The van der Waals surface area contributed by atoms with Crippen LogP contribution < -0.4 is 4.74 Å². The summed E-state index contributed by atoms with van der Waals surface area (Å²) < 4.78 is 39.6. The monoisotopic (exact) mass is 266 g/mol. The second kappa shape index (κ2) is 4.78. The van der Waals surface area contributed by atoms with E-state index in [1.165, 1.54) is 25.3 Å². The van der Waals surface area contributed by atoms with Crippen molar-refractivity contribution in [2.75, 3.05) is 7.11 Å². The molecule has 0 saturated carbocycles. The van der Waals surface area contributed by atoms with Gasteiger partial charge < -0.3 is 4.74 Å². The molecule has 0 unspecified atom stereocenters. The third-order valence-electron chi connectivity index (χ3n) is 2.54. The number of benzene rings is 2. The van der Waals surface area contributed by atoms with Crippen molar-refractivity contribution in [3.05, 3.63) is 48.5 Å². The summed E-state index contributed by atoms with van der Waals surface area (Å²) in [6.07, 6.45) is 0. The summed E-state index contributed by atoms with van der Waals surface area (Å²) in [5.74, 6) is 0.319. The molecule has 0 amide bonds. The standard InChI is InChI=1S/C13H11FO3S/c1-17-13-9-11(18(14,15)16)7-8-12(13)10-5-3-2-4-6-10/h2-9H,1H3. The summed E-state index contributed by atoms with van der Waals surface area (Å²) in [6, 6.07) is 13.2. The maximum absolute atomic E-state index is 12.9. The molecule has 0 bridgehead atoms. The van der Waals surface area contributed by atoms with E-state index in [0.717, 1.165) is 5.56 Å². The molecule has 0 fully saturated rings. The maximum Gasteiger partial charge on any atom is 0.332 e. The molecule has 0 heterocycles. The SMILES string of the molecule is COc1cc(S(=O)(=O)F)ccc1-c1ccccc1. The zero-order valence-corrected chi connectivity index (χ0v) is 10.4. The number of hydrogen-bond donors (Lipinski definition) is 0. The van der Waals surface area contributed by atoms with Crippen LogP contribution in [0.4, 0.5) is 3.89 Å². The van der Waals surface area contributed by atoms with Gasteiger partial charge in [0.05, 0.1) is 7.11 Å². The lowest BCUT2D eigenvalue weighted by atomic mass is 10.1. The van der Waals surface area contributed by atoms with Gasteiger partial charge in [-0.3, -0.25) is 0 Å². The van der Waals surface area contributed by atoms with E-state index in [1.54, 1.807) is 0 Å². The van der Waals surface area contributed by atoms with Gasteiger partial charge in [-0.05, 0) is 17.7 Å². The highest BCUT2D eigenvalue weighted by atomic mass is 32.3. The number of methoxy groups -OCH3 is 1. The van der Waals surface area contributed by atoms with Crippen LogP contribution in [-0.2, 0) is 10.2 Å². The molecule has 2 aromatic carbocycles. The van der Waals surface area contributed by atoms with E-state index in [2.05, 4.69) is 0 Å². The molecule has 0 aromatic heterocycles. The molecule has 5 heteroatoms. The molecular weight excluding hydrogens is 255 g/mol. The van der Waals surface area contributed by atoms with Gasteiger partial charge in [0.2, 0.25) is 0 Å². The van der Waals surface area contributed by atoms with E-state index < -0.39 is 15.1 Å². The lowest BCUT2D eigenvalue weighted by Gasteiger charge is -2.09. The highest BCUT2D eigenvalue weighted by Gasteiger charge is 2.15. The summed E-state index contributed by atoms with van der Waals surface area (Å²) >= 11 is 0. The third-order valence-corrected chi connectivity index (χ3v) is 3.36. The van der Waals surface area contributed by atoms with Crippen LogP contribution in [0.2, 0.25) is 0 Å². The molecule has 3 nitrogen and oxygen atoms in total. The van der Waals surface area contributed by atoms with Crippen molar-refractivity contribution in [3.8, 4) is 16.9 Å². The van der Waals surface area contributed by atoms with Crippen molar-refractivity contribution in [2.24, 2.45) is 0 Å². The molecule has 0 atom stereocenters. The molecule has 0 saturated heterocycles. The molecule has 0 radical (unpaired) electrons. The quantitative estimate of drug-likeness (QED) is 0.802. The van der Waals surface area contributed by atoms with E-state index in [1.807, 2.05) is 30.3 Å². The first-order valence-electron chi connectivity index (χ1n) is 5.20. The molecule has 2 aromatic rings. The maximum atomic E-state index is 12.9. The average molecular weight is 266 g/mol. The lowest BCUT2D eigenvalue weighted by molar-refractivity contribution is 0.415. The van der Waals surface area contributed by atoms with E-state index in [4.69, 9.17) is 4.74 Å². The van der Waals surface area contributed by atoms with Gasteiger partial charge in [0.25, 0.3) is 0 Å². The zero-order valence-electron chi connectivity index (χ0n) is 9.63. The molecule has 0 aliphatic carbocycles. The fourth-order valence-electron chi connectivity index (χ4n) is 1.68. The van der Waals surface area contributed by atoms with Crippen molar-refractivity contribution in [1.82, 2.24) is 0 Å². The summed E-state index contributed by atoms with van der Waals surface area (Å²) in [5, 5.41) is 0. The van der Waals surface area contributed by atoms with Gasteiger partial charge in [0.1, 0.15) is 10.6 Å². The van der Waals surface area contributed by atoms with Gasteiger partial charge in [-0.25, -0.2) is 0 Å². The molecule has 18 heavy (non-hydrogen) atoms. The van der Waals surface area contributed by atoms with Crippen molar-refractivity contribution in [2.45, 2.75) is 4.90 Å². The van der Waals surface area contributed by atoms with E-state index in [9.17, 15) is 12.3 Å². The summed E-state index contributed by atoms with van der Waals surface area (Å²) in [7, 11) is -3.30. The van der Waals surface area contributed by atoms with Crippen LogP contribution >= 0.6 is 0 Å². The minimum atomic E-state index is -4.71. The molecular formula is C13H11FO3S. The summed E-state index contributed by atoms with van der Waals surface area (Å²) in [6.45, 7) is 0. The van der Waals surface area contributed by atoms with Crippen LogP contribution in [0.3, 0.4) is 0 Å². The van der Waals surface area contributed by atoms with Gasteiger partial charge in [0, 0.05) is 11.6 Å². The molecule has 2 rings (SSSR count). The minimum Gasteiger partial charge on any atom is -0.496 e. The van der Waals surface area contributed by atoms with Crippen molar-refractivity contribution >= 4 is 10.2 Å². The Balaban J connectivity index is 2.58. The van der Waals surface area contributed by atoms with Crippen LogP contribution in [0.15, 0.2) is 53.4 Å². The number of rotatable bonds is 3. The van der Waals surface area contributed by atoms with Crippen molar-refractivity contribution < 1.29 is 17.0 Å². The smallest absolute Gasteiger partial charge is 0.332 e. The van der Waals surface area contributed by atoms with Crippen LogP contribution in [-0.4, -0.2) is 15.5 Å². The van der Waals surface area contributed by atoms with Crippen molar-refractivity contribution in [3.63, 3.8) is 0 Å². The molecule has 0 spiro atoms. The fraction of sp³-hybridized carbons (Fsp3) is 0.0769.